The first kappa shape index (κ1) is 22.1. The number of aromatic nitrogens is 1. The third-order valence-electron chi connectivity index (χ3n) is 4.20. The topological polar surface area (TPSA) is 57.3 Å². The van der Waals surface area contributed by atoms with Gasteiger partial charge in [0, 0.05) is 27.0 Å². The number of benzene rings is 2. The largest absolute Gasteiger partial charge is 0.493 e. The van der Waals surface area contributed by atoms with Gasteiger partial charge in [0.25, 0.3) is 0 Å². The van der Waals surface area contributed by atoms with E-state index in [0.717, 1.165) is 26.1 Å². The number of rotatable bonds is 7. The fourth-order valence-electron chi connectivity index (χ4n) is 2.84. The van der Waals surface area contributed by atoms with E-state index in [4.69, 9.17) is 24.3 Å². The third-order valence-corrected chi connectivity index (χ3v) is 5.56. The van der Waals surface area contributed by atoms with Gasteiger partial charge in [-0.2, -0.15) is 5.10 Å². The molecule has 0 spiro atoms. The van der Waals surface area contributed by atoms with Crippen molar-refractivity contribution in [2.75, 3.05) is 21.3 Å². The van der Waals surface area contributed by atoms with Crippen LogP contribution in [0.25, 0.3) is 11.3 Å². The van der Waals surface area contributed by atoms with Crippen LogP contribution in [0.1, 0.15) is 19.4 Å². The van der Waals surface area contributed by atoms with Gasteiger partial charge in [-0.05, 0) is 38.1 Å². The molecule has 30 heavy (non-hydrogen) atoms. The lowest BCUT2D eigenvalue weighted by Gasteiger charge is -2.12. The van der Waals surface area contributed by atoms with Crippen LogP contribution in [0, 0.1) is 0 Å². The van der Waals surface area contributed by atoms with E-state index in [1.165, 1.54) is 0 Å². The molecule has 6 nitrogen and oxygen atoms in total. The highest BCUT2D eigenvalue weighted by molar-refractivity contribution is 9.10. The van der Waals surface area contributed by atoms with Crippen LogP contribution in [0.3, 0.4) is 0 Å². The van der Waals surface area contributed by atoms with Gasteiger partial charge in [-0.3, -0.25) is 4.99 Å². The van der Waals surface area contributed by atoms with E-state index in [2.05, 4.69) is 33.4 Å². The molecule has 0 amide bonds. The second kappa shape index (κ2) is 9.95. The molecule has 1 heterocycles. The first-order valence-corrected chi connectivity index (χ1v) is 11.0. The molecule has 0 radical (unpaired) electrons. The second-order valence-corrected chi connectivity index (χ2v) is 8.40. The lowest BCUT2D eigenvalue weighted by molar-refractivity contribution is 0.324. The molecule has 2 aromatic carbocycles. The average Bonchev–Trinajstić information content (AvgIpc) is 3.13. The van der Waals surface area contributed by atoms with Crippen LogP contribution in [0.15, 0.2) is 56.3 Å². The molecule has 0 saturated carbocycles. The number of hydrogen-bond acceptors (Lipinski definition) is 6. The number of methoxy groups -OCH3 is 3. The van der Waals surface area contributed by atoms with Crippen molar-refractivity contribution >= 4 is 33.5 Å². The van der Waals surface area contributed by atoms with Gasteiger partial charge in [0.05, 0.1) is 33.2 Å². The average molecular weight is 490 g/mol. The van der Waals surface area contributed by atoms with E-state index in [1.807, 2.05) is 42.8 Å². The number of halogens is 1. The first-order chi connectivity index (χ1) is 14.5. The molecular weight excluding hydrogens is 466 g/mol. The lowest BCUT2D eigenvalue weighted by Crippen LogP contribution is -2.14. The number of nitrogens with zero attached hydrogens (tertiary/aromatic N) is 3. The molecule has 0 aliphatic heterocycles. The van der Waals surface area contributed by atoms with Crippen LogP contribution in [0.4, 0.5) is 0 Å². The maximum Gasteiger partial charge on any atom is 0.206 e. The molecule has 0 N–H and O–H groups in total. The minimum absolute atomic E-state index is 0.157. The standard InChI is InChI=1S/C22H24BrN3O3S/c1-14(2)25-22-26(18(13-30-22)16-6-8-17(23)9-7-16)24-12-15-10-19(27-3)21(29-5)20(11-15)28-4/h6-14H,1-5H3. The SMILES string of the molecule is COc1cc(C=Nn2c(-c3ccc(Br)cc3)csc2=NC(C)C)cc(OC)c1OC. The number of hydrogen-bond donors (Lipinski definition) is 0. The molecule has 0 aliphatic rings. The van der Waals surface area contributed by atoms with Gasteiger partial charge < -0.3 is 14.2 Å². The zero-order chi connectivity index (χ0) is 21.7. The van der Waals surface area contributed by atoms with Crippen LogP contribution in [-0.4, -0.2) is 38.3 Å². The number of ether oxygens (including phenoxy) is 3. The Morgan fingerprint density at radius 3 is 2.17 bits per heavy atom. The predicted molar refractivity (Wildman–Crippen MR) is 125 cm³/mol. The molecule has 3 aromatic rings. The third kappa shape index (κ3) is 4.94. The monoisotopic (exact) mass is 489 g/mol. The van der Waals surface area contributed by atoms with E-state index in [1.54, 1.807) is 38.9 Å². The summed E-state index contributed by atoms with van der Waals surface area (Å²) >= 11 is 5.05. The molecule has 0 fully saturated rings. The molecule has 0 saturated heterocycles. The van der Waals surface area contributed by atoms with Crippen molar-refractivity contribution in [2.24, 2.45) is 10.1 Å². The zero-order valence-corrected chi connectivity index (χ0v) is 20.0. The van der Waals surface area contributed by atoms with Crippen LogP contribution >= 0.6 is 27.3 Å². The van der Waals surface area contributed by atoms with Crippen LogP contribution in [0.2, 0.25) is 0 Å². The van der Waals surface area contributed by atoms with E-state index in [-0.39, 0.29) is 6.04 Å². The van der Waals surface area contributed by atoms with Crippen molar-refractivity contribution < 1.29 is 14.2 Å². The summed E-state index contributed by atoms with van der Waals surface area (Å²) < 4.78 is 19.2. The maximum atomic E-state index is 5.44. The predicted octanol–water partition coefficient (Wildman–Crippen LogP) is 5.20. The Morgan fingerprint density at radius 1 is 1.00 bits per heavy atom. The van der Waals surface area contributed by atoms with E-state index < -0.39 is 0 Å². The summed E-state index contributed by atoms with van der Waals surface area (Å²) in [7, 11) is 4.77. The Morgan fingerprint density at radius 2 is 1.63 bits per heavy atom. The van der Waals surface area contributed by atoms with Gasteiger partial charge in [0.15, 0.2) is 11.5 Å². The first-order valence-electron chi connectivity index (χ1n) is 9.31. The highest BCUT2D eigenvalue weighted by atomic mass is 79.9. The molecule has 3 rings (SSSR count). The Balaban J connectivity index is 2.10. The summed E-state index contributed by atoms with van der Waals surface area (Å²) in [5.41, 5.74) is 2.85. The van der Waals surface area contributed by atoms with Crippen molar-refractivity contribution in [3.05, 3.63) is 56.6 Å². The summed E-state index contributed by atoms with van der Waals surface area (Å²) in [6.45, 7) is 4.10. The van der Waals surface area contributed by atoms with Gasteiger partial charge in [0.1, 0.15) is 0 Å². The lowest BCUT2D eigenvalue weighted by atomic mass is 10.2. The zero-order valence-electron chi connectivity index (χ0n) is 17.5. The fourth-order valence-corrected chi connectivity index (χ4v) is 4.07. The highest BCUT2D eigenvalue weighted by Crippen LogP contribution is 2.37. The maximum absolute atomic E-state index is 5.44. The molecule has 8 heteroatoms. The van der Waals surface area contributed by atoms with Crippen LogP contribution in [0.5, 0.6) is 17.2 Å². The van der Waals surface area contributed by atoms with Gasteiger partial charge in [-0.15, -0.1) is 11.3 Å². The molecule has 0 aliphatic carbocycles. The fraction of sp³-hybridized carbons (Fsp3) is 0.273. The molecule has 1 aromatic heterocycles. The van der Waals surface area contributed by atoms with E-state index >= 15 is 0 Å². The van der Waals surface area contributed by atoms with Gasteiger partial charge in [-0.25, -0.2) is 4.68 Å². The summed E-state index contributed by atoms with van der Waals surface area (Å²) in [6.07, 6.45) is 1.76. The van der Waals surface area contributed by atoms with Gasteiger partial charge in [0.2, 0.25) is 10.6 Å². The summed E-state index contributed by atoms with van der Waals surface area (Å²) in [5, 5.41) is 6.81. The van der Waals surface area contributed by atoms with Crippen LogP contribution in [-0.2, 0) is 0 Å². The normalized spacial score (nSPS) is 12.0. The second-order valence-electron chi connectivity index (χ2n) is 6.65. The smallest absolute Gasteiger partial charge is 0.206 e. The molecular formula is C22H24BrN3O3S. The summed E-state index contributed by atoms with van der Waals surface area (Å²) in [5.74, 6) is 1.70. The van der Waals surface area contributed by atoms with Gasteiger partial charge in [-0.1, -0.05) is 28.1 Å². The molecule has 0 atom stereocenters. The molecule has 158 valence electrons. The Labute approximate surface area is 188 Å². The van der Waals surface area contributed by atoms with E-state index in [9.17, 15) is 0 Å². The Hall–Kier alpha value is -2.58. The van der Waals surface area contributed by atoms with Crippen molar-refractivity contribution in [1.29, 1.82) is 0 Å². The summed E-state index contributed by atoms with van der Waals surface area (Å²) in [6, 6.07) is 12.0. The van der Waals surface area contributed by atoms with Crippen LogP contribution < -0.4 is 19.0 Å². The van der Waals surface area contributed by atoms with E-state index in [0.29, 0.717) is 17.2 Å². The Kier molecular flexibility index (Phi) is 7.33. The van der Waals surface area contributed by atoms with Crippen molar-refractivity contribution in [2.45, 2.75) is 19.9 Å². The van der Waals surface area contributed by atoms with Crippen molar-refractivity contribution in [1.82, 2.24) is 4.68 Å². The molecule has 0 unspecified atom stereocenters. The minimum atomic E-state index is 0.157. The van der Waals surface area contributed by atoms with Crippen molar-refractivity contribution in [3.63, 3.8) is 0 Å². The quantitative estimate of drug-likeness (QED) is 0.428. The van der Waals surface area contributed by atoms with Gasteiger partial charge >= 0.3 is 0 Å². The minimum Gasteiger partial charge on any atom is -0.493 e. The highest BCUT2D eigenvalue weighted by Gasteiger charge is 2.13. The number of thiazole rings is 1. The molecule has 0 bridgehead atoms. The van der Waals surface area contributed by atoms with Crippen molar-refractivity contribution in [3.8, 4) is 28.5 Å². The summed E-state index contributed by atoms with van der Waals surface area (Å²) in [4.78, 5) is 5.54. The Bertz CT molecular complexity index is 1080.